The first kappa shape index (κ1) is 13.1. The molecule has 3 atom stereocenters. The Balaban J connectivity index is 2.09. The van der Waals surface area contributed by atoms with Crippen LogP contribution in [0.2, 0.25) is 0 Å². The molecular formula is C16H22N2. The van der Waals surface area contributed by atoms with Gasteiger partial charge in [0, 0.05) is 18.6 Å². The first-order valence-electron chi connectivity index (χ1n) is 6.92. The van der Waals surface area contributed by atoms with Gasteiger partial charge in [0.1, 0.15) is 0 Å². The van der Waals surface area contributed by atoms with Crippen molar-refractivity contribution in [1.82, 2.24) is 4.90 Å². The summed E-state index contributed by atoms with van der Waals surface area (Å²) >= 11 is 0. The second-order valence-electron chi connectivity index (χ2n) is 5.42. The van der Waals surface area contributed by atoms with E-state index in [1.807, 2.05) is 18.2 Å². The maximum atomic E-state index is 9.41. The zero-order chi connectivity index (χ0) is 13.0. The first-order valence-corrected chi connectivity index (χ1v) is 6.92. The van der Waals surface area contributed by atoms with Gasteiger partial charge in [-0.3, -0.25) is 4.90 Å². The maximum absolute atomic E-state index is 9.41. The lowest BCUT2D eigenvalue weighted by atomic mass is 9.93. The second-order valence-corrected chi connectivity index (χ2v) is 5.42. The van der Waals surface area contributed by atoms with Crippen LogP contribution >= 0.6 is 0 Å². The average Bonchev–Trinajstić information content (AvgIpc) is 2.40. The van der Waals surface area contributed by atoms with Gasteiger partial charge < -0.3 is 0 Å². The molecule has 2 rings (SSSR count). The molecule has 1 aliphatic rings. The fourth-order valence-corrected chi connectivity index (χ4v) is 2.95. The van der Waals surface area contributed by atoms with Crippen molar-refractivity contribution in [3.63, 3.8) is 0 Å². The van der Waals surface area contributed by atoms with Crippen molar-refractivity contribution in [3.8, 4) is 6.07 Å². The van der Waals surface area contributed by atoms with Crippen LogP contribution in [-0.2, 0) is 0 Å². The quantitative estimate of drug-likeness (QED) is 0.810. The van der Waals surface area contributed by atoms with Gasteiger partial charge in [-0.1, -0.05) is 36.8 Å². The zero-order valence-corrected chi connectivity index (χ0v) is 11.3. The lowest BCUT2D eigenvalue weighted by Crippen LogP contribution is -2.45. The summed E-state index contributed by atoms with van der Waals surface area (Å²) in [6, 6.07) is 13.8. The normalized spacial score (nSPS) is 26.5. The van der Waals surface area contributed by atoms with E-state index < -0.39 is 0 Å². The molecule has 2 heteroatoms. The van der Waals surface area contributed by atoms with Crippen LogP contribution in [0.5, 0.6) is 0 Å². The molecule has 0 amide bonds. The van der Waals surface area contributed by atoms with Crippen molar-refractivity contribution < 1.29 is 0 Å². The lowest BCUT2D eigenvalue weighted by molar-refractivity contribution is 0.101. The molecule has 0 bridgehead atoms. The summed E-state index contributed by atoms with van der Waals surface area (Å²) in [6.45, 7) is 5.44. The van der Waals surface area contributed by atoms with E-state index in [0.717, 1.165) is 12.1 Å². The van der Waals surface area contributed by atoms with Crippen LogP contribution < -0.4 is 0 Å². The molecule has 1 unspecified atom stereocenters. The van der Waals surface area contributed by atoms with Gasteiger partial charge in [0.05, 0.1) is 12.0 Å². The first-order chi connectivity index (χ1) is 8.72. The van der Waals surface area contributed by atoms with Gasteiger partial charge in [-0.15, -0.1) is 0 Å². The van der Waals surface area contributed by atoms with E-state index in [-0.39, 0.29) is 5.92 Å². The van der Waals surface area contributed by atoms with Crippen LogP contribution in [0, 0.1) is 11.3 Å². The second kappa shape index (κ2) is 6.02. The summed E-state index contributed by atoms with van der Waals surface area (Å²) in [6.07, 6.45) is 3.84. The topological polar surface area (TPSA) is 27.0 Å². The molecule has 96 valence electrons. The van der Waals surface area contributed by atoms with E-state index in [2.05, 4.69) is 36.9 Å². The van der Waals surface area contributed by atoms with Gasteiger partial charge >= 0.3 is 0 Å². The fourth-order valence-electron chi connectivity index (χ4n) is 2.95. The lowest BCUT2D eigenvalue weighted by Gasteiger charge is -2.40. The fraction of sp³-hybridized carbons (Fsp3) is 0.562. The molecule has 1 saturated heterocycles. The van der Waals surface area contributed by atoms with Crippen LogP contribution in [0.15, 0.2) is 30.3 Å². The predicted octanol–water partition coefficient (Wildman–Crippen LogP) is 3.56. The van der Waals surface area contributed by atoms with Crippen LogP contribution in [-0.4, -0.2) is 23.5 Å². The van der Waals surface area contributed by atoms with Crippen LogP contribution in [0.25, 0.3) is 0 Å². The molecule has 2 nitrogen and oxygen atoms in total. The summed E-state index contributed by atoms with van der Waals surface area (Å²) in [7, 11) is 0. The number of hydrogen-bond acceptors (Lipinski definition) is 2. The highest BCUT2D eigenvalue weighted by atomic mass is 15.2. The van der Waals surface area contributed by atoms with Gasteiger partial charge in [-0.2, -0.15) is 5.26 Å². The predicted molar refractivity (Wildman–Crippen MR) is 74.3 cm³/mol. The van der Waals surface area contributed by atoms with E-state index in [4.69, 9.17) is 0 Å². The standard InChI is InChI=1S/C16H22N2/c1-13-7-6-8-14(2)18(13)12-16(11-17)15-9-4-3-5-10-15/h3-5,9-10,13-14,16H,6-8,12H2,1-2H3/t13-,14+,16?. The van der Waals surface area contributed by atoms with E-state index in [1.54, 1.807) is 0 Å². The Morgan fingerprint density at radius 2 is 1.83 bits per heavy atom. The SMILES string of the molecule is C[C@@H]1CCC[C@H](C)N1CC(C#N)c1ccccc1. The number of likely N-dealkylation sites (tertiary alicyclic amines) is 1. The minimum absolute atomic E-state index is 0.00537. The molecule has 0 aliphatic carbocycles. The van der Waals surface area contributed by atoms with Crippen molar-refractivity contribution in [3.05, 3.63) is 35.9 Å². The Labute approximate surface area is 110 Å². The average molecular weight is 242 g/mol. The number of nitrogens with zero attached hydrogens (tertiary/aromatic N) is 2. The van der Waals surface area contributed by atoms with Gasteiger partial charge in [0.2, 0.25) is 0 Å². The van der Waals surface area contributed by atoms with E-state index >= 15 is 0 Å². The summed E-state index contributed by atoms with van der Waals surface area (Å²) < 4.78 is 0. The Hall–Kier alpha value is -1.33. The molecule has 1 aliphatic heterocycles. The summed E-state index contributed by atoms with van der Waals surface area (Å²) in [4.78, 5) is 2.50. The molecule has 0 saturated carbocycles. The van der Waals surface area contributed by atoms with E-state index in [1.165, 1.54) is 19.3 Å². The molecule has 18 heavy (non-hydrogen) atoms. The van der Waals surface area contributed by atoms with Gasteiger partial charge in [-0.05, 0) is 32.3 Å². The molecule has 1 heterocycles. The molecule has 0 spiro atoms. The molecule has 0 aromatic heterocycles. The van der Waals surface area contributed by atoms with Crippen LogP contribution in [0.3, 0.4) is 0 Å². The number of benzene rings is 1. The van der Waals surface area contributed by atoms with Crippen LogP contribution in [0.4, 0.5) is 0 Å². The molecule has 0 N–H and O–H groups in total. The third-order valence-electron chi connectivity index (χ3n) is 4.13. The van der Waals surface area contributed by atoms with Crippen molar-refractivity contribution in [1.29, 1.82) is 5.26 Å². The molecule has 1 aromatic rings. The third-order valence-corrected chi connectivity index (χ3v) is 4.13. The number of piperidine rings is 1. The Kier molecular flexibility index (Phi) is 4.38. The molecule has 1 fully saturated rings. The summed E-state index contributed by atoms with van der Waals surface area (Å²) in [5, 5.41) is 9.41. The zero-order valence-electron chi connectivity index (χ0n) is 11.3. The van der Waals surface area contributed by atoms with Crippen molar-refractivity contribution in [2.75, 3.05) is 6.54 Å². The van der Waals surface area contributed by atoms with Crippen molar-refractivity contribution in [2.45, 2.75) is 51.1 Å². The molecular weight excluding hydrogens is 220 g/mol. The number of rotatable bonds is 3. The van der Waals surface area contributed by atoms with Gasteiger partial charge in [0.15, 0.2) is 0 Å². The Morgan fingerprint density at radius 3 is 2.39 bits per heavy atom. The maximum Gasteiger partial charge on any atom is 0.0839 e. The highest BCUT2D eigenvalue weighted by Crippen LogP contribution is 2.26. The molecule has 0 radical (unpaired) electrons. The number of hydrogen-bond donors (Lipinski definition) is 0. The van der Waals surface area contributed by atoms with Gasteiger partial charge in [-0.25, -0.2) is 0 Å². The molecule has 1 aromatic carbocycles. The third kappa shape index (κ3) is 2.91. The Morgan fingerprint density at radius 1 is 1.22 bits per heavy atom. The smallest absolute Gasteiger partial charge is 0.0839 e. The van der Waals surface area contributed by atoms with E-state index in [0.29, 0.717) is 12.1 Å². The largest absolute Gasteiger partial charge is 0.296 e. The highest BCUT2D eigenvalue weighted by Gasteiger charge is 2.27. The minimum Gasteiger partial charge on any atom is -0.296 e. The minimum atomic E-state index is -0.00537. The summed E-state index contributed by atoms with van der Waals surface area (Å²) in [5.74, 6) is -0.00537. The van der Waals surface area contributed by atoms with Gasteiger partial charge in [0.25, 0.3) is 0 Å². The summed E-state index contributed by atoms with van der Waals surface area (Å²) in [5.41, 5.74) is 1.14. The highest BCUT2D eigenvalue weighted by molar-refractivity contribution is 5.25. The Bertz CT molecular complexity index is 397. The van der Waals surface area contributed by atoms with E-state index in [9.17, 15) is 5.26 Å². The number of nitriles is 1. The monoisotopic (exact) mass is 242 g/mol. The van der Waals surface area contributed by atoms with Crippen molar-refractivity contribution in [2.24, 2.45) is 0 Å². The van der Waals surface area contributed by atoms with Crippen molar-refractivity contribution >= 4 is 0 Å². The van der Waals surface area contributed by atoms with Crippen LogP contribution in [0.1, 0.15) is 44.6 Å².